The Balaban J connectivity index is 2.40. The van der Waals surface area contributed by atoms with E-state index in [0.717, 1.165) is 12.8 Å². The van der Waals surface area contributed by atoms with E-state index in [1.165, 1.54) is 25.7 Å². The number of nitrogens with two attached hydrogens (primary N) is 1. The third kappa shape index (κ3) is 3.58. The summed E-state index contributed by atoms with van der Waals surface area (Å²) in [6, 6.07) is -0.266. The molecule has 1 saturated carbocycles. The monoisotopic (exact) mass is 225 g/mol. The fourth-order valence-electron chi connectivity index (χ4n) is 2.67. The zero-order chi connectivity index (χ0) is 12.4. The van der Waals surface area contributed by atoms with Crippen molar-refractivity contribution >= 4 is 5.78 Å². The maximum atomic E-state index is 11.9. The number of carbonyl (C=O) groups is 1. The van der Waals surface area contributed by atoms with Crippen LogP contribution in [0.4, 0.5) is 0 Å². The molecule has 0 heterocycles. The van der Waals surface area contributed by atoms with E-state index >= 15 is 0 Å². The Morgan fingerprint density at radius 2 is 1.81 bits per heavy atom. The van der Waals surface area contributed by atoms with Gasteiger partial charge in [0, 0.05) is 5.41 Å². The SMILES string of the molecule is CC1(CCC(N)C(=O)C(C)(C)C)CCCC1. The maximum Gasteiger partial charge on any atom is 0.154 e. The van der Waals surface area contributed by atoms with E-state index in [9.17, 15) is 4.79 Å². The molecule has 16 heavy (non-hydrogen) atoms. The third-order valence-corrected chi connectivity index (χ3v) is 3.95. The second-order valence-electron chi connectivity index (χ2n) is 6.78. The Morgan fingerprint density at radius 3 is 2.25 bits per heavy atom. The van der Waals surface area contributed by atoms with Gasteiger partial charge >= 0.3 is 0 Å². The largest absolute Gasteiger partial charge is 0.321 e. The lowest BCUT2D eigenvalue weighted by atomic mass is 9.79. The highest BCUT2D eigenvalue weighted by Crippen LogP contribution is 2.41. The molecule has 1 unspecified atom stereocenters. The summed E-state index contributed by atoms with van der Waals surface area (Å²) in [6.07, 6.45) is 7.27. The van der Waals surface area contributed by atoms with Crippen LogP contribution in [0.25, 0.3) is 0 Å². The molecule has 0 aromatic rings. The van der Waals surface area contributed by atoms with E-state index in [2.05, 4.69) is 6.92 Å². The Hall–Kier alpha value is -0.370. The van der Waals surface area contributed by atoms with Crippen LogP contribution in [-0.4, -0.2) is 11.8 Å². The number of carbonyl (C=O) groups excluding carboxylic acids is 1. The lowest BCUT2D eigenvalue weighted by Gasteiger charge is -2.27. The van der Waals surface area contributed by atoms with Gasteiger partial charge in [-0.25, -0.2) is 0 Å². The first-order valence-corrected chi connectivity index (χ1v) is 6.55. The van der Waals surface area contributed by atoms with E-state index in [-0.39, 0.29) is 17.2 Å². The molecule has 0 saturated heterocycles. The molecule has 2 nitrogen and oxygen atoms in total. The van der Waals surface area contributed by atoms with E-state index in [1.807, 2.05) is 20.8 Å². The molecule has 0 aromatic heterocycles. The molecule has 1 aliphatic carbocycles. The molecule has 2 heteroatoms. The average Bonchev–Trinajstić information content (AvgIpc) is 2.60. The van der Waals surface area contributed by atoms with Gasteiger partial charge in [-0.1, -0.05) is 40.5 Å². The summed E-state index contributed by atoms with van der Waals surface area (Å²) in [6.45, 7) is 8.19. The van der Waals surface area contributed by atoms with Gasteiger partial charge in [0.2, 0.25) is 0 Å². The van der Waals surface area contributed by atoms with Crippen molar-refractivity contribution in [3.05, 3.63) is 0 Å². The van der Waals surface area contributed by atoms with Gasteiger partial charge in [-0.2, -0.15) is 0 Å². The fraction of sp³-hybridized carbons (Fsp3) is 0.929. The summed E-state index contributed by atoms with van der Waals surface area (Å²) >= 11 is 0. The van der Waals surface area contributed by atoms with Crippen molar-refractivity contribution in [2.45, 2.75) is 72.3 Å². The van der Waals surface area contributed by atoms with Crippen LogP contribution in [0.5, 0.6) is 0 Å². The summed E-state index contributed by atoms with van der Waals surface area (Å²) in [7, 11) is 0. The number of Topliss-reactive ketones (excluding diaryl/α,β-unsaturated/α-hetero) is 1. The Morgan fingerprint density at radius 1 is 1.31 bits per heavy atom. The number of rotatable bonds is 4. The minimum Gasteiger partial charge on any atom is -0.321 e. The lowest BCUT2D eigenvalue weighted by Crippen LogP contribution is -2.39. The minimum atomic E-state index is -0.296. The van der Waals surface area contributed by atoms with Gasteiger partial charge in [0.1, 0.15) is 0 Å². The molecule has 0 aliphatic heterocycles. The van der Waals surface area contributed by atoms with Crippen molar-refractivity contribution in [2.75, 3.05) is 0 Å². The van der Waals surface area contributed by atoms with Gasteiger partial charge in [-0.3, -0.25) is 4.79 Å². The van der Waals surface area contributed by atoms with Crippen LogP contribution in [0.3, 0.4) is 0 Å². The van der Waals surface area contributed by atoms with Crippen LogP contribution in [0.1, 0.15) is 66.2 Å². The summed E-state index contributed by atoms with van der Waals surface area (Å²) in [5, 5.41) is 0. The summed E-state index contributed by atoms with van der Waals surface area (Å²) in [4.78, 5) is 11.9. The first-order valence-electron chi connectivity index (χ1n) is 6.55. The van der Waals surface area contributed by atoms with Gasteiger partial charge < -0.3 is 5.73 Å². The topological polar surface area (TPSA) is 43.1 Å². The van der Waals surface area contributed by atoms with Gasteiger partial charge in [0.25, 0.3) is 0 Å². The molecule has 0 radical (unpaired) electrons. The second-order valence-corrected chi connectivity index (χ2v) is 6.78. The van der Waals surface area contributed by atoms with Crippen LogP contribution in [0.15, 0.2) is 0 Å². The number of hydrogen-bond acceptors (Lipinski definition) is 2. The second kappa shape index (κ2) is 4.87. The molecule has 0 bridgehead atoms. The van der Waals surface area contributed by atoms with E-state index < -0.39 is 0 Å². The van der Waals surface area contributed by atoms with Crippen molar-refractivity contribution in [2.24, 2.45) is 16.6 Å². The van der Waals surface area contributed by atoms with Crippen LogP contribution < -0.4 is 5.73 Å². The molecule has 1 aliphatic rings. The van der Waals surface area contributed by atoms with E-state index in [0.29, 0.717) is 5.41 Å². The standard InChI is InChI=1S/C14H27NO/c1-13(2,3)12(16)11(15)7-10-14(4)8-5-6-9-14/h11H,5-10,15H2,1-4H3. The maximum absolute atomic E-state index is 11.9. The van der Waals surface area contributed by atoms with Crippen molar-refractivity contribution in [1.29, 1.82) is 0 Å². The van der Waals surface area contributed by atoms with E-state index in [1.54, 1.807) is 0 Å². The molecule has 1 atom stereocenters. The molecule has 0 amide bonds. The number of hydrogen-bond donors (Lipinski definition) is 1. The molecule has 0 spiro atoms. The minimum absolute atomic E-state index is 0.203. The van der Waals surface area contributed by atoms with E-state index in [4.69, 9.17) is 5.73 Å². The quantitative estimate of drug-likeness (QED) is 0.797. The van der Waals surface area contributed by atoms with Crippen molar-refractivity contribution in [3.8, 4) is 0 Å². The first kappa shape index (κ1) is 13.7. The predicted molar refractivity (Wildman–Crippen MR) is 68.2 cm³/mol. The molecule has 0 aromatic carbocycles. The fourth-order valence-corrected chi connectivity index (χ4v) is 2.67. The predicted octanol–water partition coefficient (Wildman–Crippen LogP) is 3.29. The smallest absolute Gasteiger partial charge is 0.154 e. The van der Waals surface area contributed by atoms with Crippen molar-refractivity contribution in [3.63, 3.8) is 0 Å². The third-order valence-electron chi connectivity index (χ3n) is 3.95. The van der Waals surface area contributed by atoms with Crippen LogP contribution in [-0.2, 0) is 4.79 Å². The Labute approximate surface area is 100.0 Å². The van der Waals surface area contributed by atoms with Gasteiger partial charge in [0.05, 0.1) is 6.04 Å². The van der Waals surface area contributed by atoms with Crippen LogP contribution in [0.2, 0.25) is 0 Å². The average molecular weight is 225 g/mol. The van der Waals surface area contributed by atoms with Crippen LogP contribution >= 0.6 is 0 Å². The molecular formula is C14H27NO. The van der Waals surface area contributed by atoms with Gasteiger partial charge in [-0.15, -0.1) is 0 Å². The Bertz CT molecular complexity index is 246. The van der Waals surface area contributed by atoms with Crippen molar-refractivity contribution < 1.29 is 4.79 Å². The molecule has 2 N–H and O–H groups in total. The lowest BCUT2D eigenvalue weighted by molar-refractivity contribution is -0.127. The zero-order valence-corrected chi connectivity index (χ0v) is 11.3. The highest BCUT2D eigenvalue weighted by Gasteiger charge is 2.32. The first-order chi connectivity index (χ1) is 7.25. The normalized spacial score (nSPS) is 22.1. The van der Waals surface area contributed by atoms with Crippen LogP contribution in [0, 0.1) is 10.8 Å². The highest BCUT2D eigenvalue weighted by molar-refractivity contribution is 5.88. The number of ketones is 1. The molecule has 1 rings (SSSR count). The summed E-state index contributed by atoms with van der Waals surface area (Å²) < 4.78 is 0. The Kier molecular flexibility index (Phi) is 4.17. The zero-order valence-electron chi connectivity index (χ0n) is 11.3. The molecule has 1 fully saturated rings. The van der Waals surface area contributed by atoms with Gasteiger partial charge in [0.15, 0.2) is 5.78 Å². The molecular weight excluding hydrogens is 198 g/mol. The highest BCUT2D eigenvalue weighted by atomic mass is 16.1. The summed E-state index contributed by atoms with van der Waals surface area (Å²) in [5.41, 5.74) is 6.15. The summed E-state index contributed by atoms with van der Waals surface area (Å²) in [5.74, 6) is 0.203. The van der Waals surface area contributed by atoms with Gasteiger partial charge in [-0.05, 0) is 31.1 Å². The van der Waals surface area contributed by atoms with Crippen molar-refractivity contribution in [1.82, 2.24) is 0 Å². The molecule has 94 valence electrons.